The number of hydrogen-bond acceptors (Lipinski definition) is 3. The number of pyridine rings is 1. The molecule has 0 aliphatic heterocycles. The van der Waals surface area contributed by atoms with Crippen molar-refractivity contribution in [3.8, 4) is 6.07 Å². The first-order valence-electron chi connectivity index (χ1n) is 3.35. The summed E-state index contributed by atoms with van der Waals surface area (Å²) >= 11 is 0. The van der Waals surface area contributed by atoms with Gasteiger partial charge in [0, 0.05) is 6.20 Å². The summed E-state index contributed by atoms with van der Waals surface area (Å²) in [5.74, 6) is -0.226. The van der Waals surface area contributed by atoms with Crippen molar-refractivity contribution in [3.05, 3.63) is 24.0 Å². The van der Waals surface area contributed by atoms with E-state index in [1.165, 1.54) is 0 Å². The highest BCUT2D eigenvalue weighted by Gasteiger charge is 2.07. The summed E-state index contributed by atoms with van der Waals surface area (Å²) in [4.78, 5) is 4.00. The van der Waals surface area contributed by atoms with Crippen molar-refractivity contribution in [2.45, 2.75) is 12.8 Å². The Morgan fingerprint density at radius 2 is 2.45 bits per heavy atom. The van der Waals surface area contributed by atoms with E-state index in [1.807, 2.05) is 0 Å². The minimum absolute atomic E-state index is 0.226. The molecule has 1 unspecified atom stereocenters. The van der Waals surface area contributed by atoms with E-state index in [9.17, 15) is 0 Å². The Morgan fingerprint density at radius 1 is 1.73 bits per heavy atom. The summed E-state index contributed by atoms with van der Waals surface area (Å²) in [5.41, 5.74) is 6.83. The fourth-order valence-corrected chi connectivity index (χ4v) is 0.853. The van der Waals surface area contributed by atoms with Crippen LogP contribution in [0.3, 0.4) is 0 Å². The summed E-state index contributed by atoms with van der Waals surface area (Å²) in [7, 11) is 0. The van der Waals surface area contributed by atoms with Gasteiger partial charge in [-0.3, -0.25) is 4.98 Å². The van der Waals surface area contributed by atoms with E-state index < -0.39 is 0 Å². The second kappa shape index (κ2) is 3.02. The summed E-state index contributed by atoms with van der Waals surface area (Å²) < 4.78 is 0. The Kier molecular flexibility index (Phi) is 2.07. The lowest BCUT2D eigenvalue weighted by Crippen LogP contribution is -1.99. The first-order valence-corrected chi connectivity index (χ1v) is 3.35. The minimum atomic E-state index is -0.226. The van der Waals surface area contributed by atoms with Gasteiger partial charge in [-0.1, -0.05) is 0 Å². The highest BCUT2D eigenvalue weighted by atomic mass is 14.7. The molecule has 1 heterocycles. The lowest BCUT2D eigenvalue weighted by atomic mass is 10.1. The molecule has 0 radical (unpaired) electrons. The summed E-state index contributed by atoms with van der Waals surface area (Å²) in [6.07, 6.45) is 1.64. The number of aromatic nitrogens is 1. The molecule has 0 aromatic carbocycles. The van der Waals surface area contributed by atoms with Gasteiger partial charge < -0.3 is 5.73 Å². The molecule has 0 spiro atoms. The Balaban J connectivity index is 3.05. The number of nitrogen functional groups attached to an aromatic ring is 1. The van der Waals surface area contributed by atoms with Crippen molar-refractivity contribution >= 4 is 5.69 Å². The molecule has 0 aliphatic carbocycles. The number of nitrogens with two attached hydrogens (primary N) is 1. The van der Waals surface area contributed by atoms with Crippen molar-refractivity contribution in [1.82, 2.24) is 4.98 Å². The fraction of sp³-hybridized carbons (Fsp3) is 0.250. The first kappa shape index (κ1) is 7.55. The topological polar surface area (TPSA) is 62.7 Å². The van der Waals surface area contributed by atoms with Gasteiger partial charge in [-0.05, 0) is 19.1 Å². The monoisotopic (exact) mass is 147 g/mol. The molecule has 0 amide bonds. The first-order chi connectivity index (χ1) is 5.25. The van der Waals surface area contributed by atoms with Crippen molar-refractivity contribution in [2.75, 3.05) is 5.73 Å². The zero-order valence-corrected chi connectivity index (χ0v) is 6.28. The van der Waals surface area contributed by atoms with E-state index in [0.29, 0.717) is 11.4 Å². The largest absolute Gasteiger partial charge is 0.397 e. The van der Waals surface area contributed by atoms with Crippen LogP contribution in [0.1, 0.15) is 18.5 Å². The van der Waals surface area contributed by atoms with E-state index in [4.69, 9.17) is 11.0 Å². The smallest absolute Gasteiger partial charge is 0.0877 e. The predicted octanol–water partition coefficient (Wildman–Crippen LogP) is 1.29. The maximum Gasteiger partial charge on any atom is 0.0877 e. The fourth-order valence-electron chi connectivity index (χ4n) is 0.853. The molecule has 0 saturated heterocycles. The lowest BCUT2D eigenvalue weighted by molar-refractivity contribution is 0.924. The molecule has 0 bridgehead atoms. The maximum absolute atomic E-state index is 8.57. The van der Waals surface area contributed by atoms with Crippen LogP contribution in [0, 0.1) is 11.3 Å². The number of nitrogens with zero attached hydrogens (tertiary/aromatic N) is 2. The van der Waals surface area contributed by atoms with Crippen LogP contribution < -0.4 is 5.73 Å². The average Bonchev–Trinajstić information content (AvgIpc) is 2.04. The number of hydrogen-bond donors (Lipinski definition) is 1. The molecule has 1 rings (SSSR count). The Hall–Kier alpha value is -1.56. The van der Waals surface area contributed by atoms with E-state index >= 15 is 0 Å². The Morgan fingerprint density at radius 3 is 3.00 bits per heavy atom. The molecule has 0 fully saturated rings. The van der Waals surface area contributed by atoms with Gasteiger partial charge in [-0.2, -0.15) is 5.26 Å². The zero-order valence-electron chi connectivity index (χ0n) is 6.28. The van der Waals surface area contributed by atoms with Crippen LogP contribution in [-0.4, -0.2) is 4.98 Å². The number of rotatable bonds is 1. The molecular formula is C8H9N3. The molecular weight excluding hydrogens is 138 g/mol. The van der Waals surface area contributed by atoms with Crippen LogP contribution >= 0.6 is 0 Å². The average molecular weight is 147 g/mol. The molecule has 11 heavy (non-hydrogen) atoms. The van der Waals surface area contributed by atoms with Gasteiger partial charge in [0.05, 0.1) is 23.4 Å². The van der Waals surface area contributed by atoms with E-state index in [1.54, 1.807) is 25.3 Å². The van der Waals surface area contributed by atoms with Gasteiger partial charge in [0.2, 0.25) is 0 Å². The molecule has 0 saturated carbocycles. The van der Waals surface area contributed by atoms with Crippen molar-refractivity contribution in [3.63, 3.8) is 0 Å². The second-order valence-electron chi connectivity index (χ2n) is 2.33. The van der Waals surface area contributed by atoms with Crippen LogP contribution in [-0.2, 0) is 0 Å². The van der Waals surface area contributed by atoms with E-state index in [-0.39, 0.29) is 5.92 Å². The second-order valence-corrected chi connectivity index (χ2v) is 2.33. The standard InChI is InChI=1S/C8H9N3/c1-6(5-9)8-7(10)3-2-4-11-8/h2-4,6H,10H2,1H3. The van der Waals surface area contributed by atoms with Crippen molar-refractivity contribution in [2.24, 2.45) is 0 Å². The molecule has 2 N–H and O–H groups in total. The van der Waals surface area contributed by atoms with Gasteiger partial charge in [0.1, 0.15) is 0 Å². The normalized spacial score (nSPS) is 12.0. The third-order valence-corrected chi connectivity index (χ3v) is 1.48. The SMILES string of the molecule is CC(C#N)c1ncccc1N. The van der Waals surface area contributed by atoms with Crippen molar-refractivity contribution in [1.29, 1.82) is 5.26 Å². The number of nitriles is 1. The van der Waals surface area contributed by atoms with Gasteiger partial charge >= 0.3 is 0 Å². The van der Waals surface area contributed by atoms with Crippen LogP contribution in [0.5, 0.6) is 0 Å². The highest BCUT2D eigenvalue weighted by molar-refractivity contribution is 5.45. The van der Waals surface area contributed by atoms with Gasteiger partial charge in [0.15, 0.2) is 0 Å². The van der Waals surface area contributed by atoms with Crippen LogP contribution in [0.25, 0.3) is 0 Å². The highest BCUT2D eigenvalue weighted by Crippen LogP contribution is 2.17. The number of anilines is 1. The molecule has 1 atom stereocenters. The molecule has 1 aromatic rings. The summed E-state index contributed by atoms with van der Waals surface area (Å²) in [6, 6.07) is 5.58. The van der Waals surface area contributed by atoms with Gasteiger partial charge in [-0.25, -0.2) is 0 Å². The van der Waals surface area contributed by atoms with Crippen molar-refractivity contribution < 1.29 is 0 Å². The van der Waals surface area contributed by atoms with Crippen LogP contribution in [0.15, 0.2) is 18.3 Å². The van der Waals surface area contributed by atoms with Gasteiger partial charge in [0.25, 0.3) is 0 Å². The zero-order chi connectivity index (χ0) is 8.27. The Bertz CT molecular complexity index is 288. The quantitative estimate of drug-likeness (QED) is 0.651. The van der Waals surface area contributed by atoms with E-state index in [0.717, 1.165) is 0 Å². The summed E-state index contributed by atoms with van der Waals surface area (Å²) in [5, 5.41) is 8.57. The third kappa shape index (κ3) is 1.47. The van der Waals surface area contributed by atoms with Crippen LogP contribution in [0.2, 0.25) is 0 Å². The summed E-state index contributed by atoms with van der Waals surface area (Å²) in [6.45, 7) is 1.78. The molecule has 56 valence electrons. The minimum Gasteiger partial charge on any atom is -0.397 e. The predicted molar refractivity (Wildman–Crippen MR) is 42.7 cm³/mol. The third-order valence-electron chi connectivity index (χ3n) is 1.48. The van der Waals surface area contributed by atoms with Gasteiger partial charge in [-0.15, -0.1) is 0 Å². The Labute approximate surface area is 65.5 Å². The van der Waals surface area contributed by atoms with Crippen LogP contribution in [0.4, 0.5) is 5.69 Å². The molecule has 0 aliphatic rings. The lowest BCUT2D eigenvalue weighted by Gasteiger charge is -2.03. The van der Waals surface area contributed by atoms with E-state index in [2.05, 4.69) is 11.1 Å². The molecule has 3 heteroatoms. The molecule has 1 aromatic heterocycles. The molecule has 3 nitrogen and oxygen atoms in total. The maximum atomic E-state index is 8.57.